The van der Waals surface area contributed by atoms with Crippen LogP contribution in [0.1, 0.15) is 65.6 Å². The van der Waals surface area contributed by atoms with E-state index in [1.54, 1.807) is 32.9 Å². The number of alkyl carbamates (subject to hydrolysis) is 1. The lowest BCUT2D eigenvalue weighted by Crippen LogP contribution is -2.56. The molecule has 36 heavy (non-hydrogen) atoms. The Hall–Kier alpha value is -3.55. The van der Waals surface area contributed by atoms with Crippen LogP contribution in [0.25, 0.3) is 0 Å². The van der Waals surface area contributed by atoms with Gasteiger partial charge in [0.25, 0.3) is 0 Å². The molecule has 2 rings (SSSR count). The van der Waals surface area contributed by atoms with Gasteiger partial charge in [-0.3, -0.25) is 9.59 Å². The average molecular weight is 498 g/mol. The largest absolute Gasteiger partial charge is 0.508 e. The number of hydrogen-bond acceptors (Lipinski definition) is 5. The zero-order valence-electron chi connectivity index (χ0n) is 22.2. The summed E-state index contributed by atoms with van der Waals surface area (Å²) in [6.45, 7) is 12.6. The van der Waals surface area contributed by atoms with Crippen molar-refractivity contribution < 1.29 is 24.2 Å². The number of carbonyl (C=O) groups excluding carboxylic acids is 3. The number of nitrogens with zero attached hydrogens (tertiary/aromatic N) is 1. The van der Waals surface area contributed by atoms with E-state index in [1.165, 1.54) is 17.0 Å². The Morgan fingerprint density at radius 2 is 1.50 bits per heavy atom. The fourth-order valence-electron chi connectivity index (χ4n) is 3.81. The van der Waals surface area contributed by atoms with E-state index in [1.807, 2.05) is 58.0 Å². The van der Waals surface area contributed by atoms with Gasteiger partial charge in [-0.15, -0.1) is 0 Å². The van der Waals surface area contributed by atoms with Crippen LogP contribution in [0.15, 0.2) is 54.6 Å². The molecule has 0 aliphatic heterocycles. The lowest BCUT2D eigenvalue weighted by atomic mass is 9.98. The predicted octanol–water partition coefficient (Wildman–Crippen LogP) is 4.33. The minimum Gasteiger partial charge on any atom is -0.508 e. The minimum absolute atomic E-state index is 0.0973. The highest BCUT2D eigenvalue weighted by molar-refractivity contribution is 5.92. The van der Waals surface area contributed by atoms with Gasteiger partial charge in [-0.05, 0) is 71.7 Å². The van der Waals surface area contributed by atoms with Crippen LogP contribution in [-0.4, -0.2) is 51.6 Å². The second-order valence-corrected chi connectivity index (χ2v) is 10.4. The molecular weight excluding hydrogens is 458 g/mol. The Balaban J connectivity index is 2.50. The number of ether oxygens (including phenoxy) is 1. The summed E-state index contributed by atoms with van der Waals surface area (Å²) in [5, 5.41) is 15.3. The summed E-state index contributed by atoms with van der Waals surface area (Å²) >= 11 is 0. The molecule has 0 aliphatic rings. The highest BCUT2D eigenvalue weighted by Gasteiger charge is 2.38. The fraction of sp³-hybridized carbons (Fsp3) is 0.464. The quantitative estimate of drug-likeness (QED) is 0.478. The molecule has 3 amide bonds. The number of hydrogen-bond donors (Lipinski definition) is 3. The van der Waals surface area contributed by atoms with Crippen LogP contribution in [0, 0.1) is 0 Å². The Morgan fingerprint density at radius 1 is 0.917 bits per heavy atom. The second kappa shape index (κ2) is 12.4. The molecule has 0 aliphatic carbocycles. The molecule has 2 aromatic carbocycles. The first-order valence-electron chi connectivity index (χ1n) is 12.2. The van der Waals surface area contributed by atoms with E-state index >= 15 is 0 Å². The maximum atomic E-state index is 14.1. The Bertz CT molecular complexity index is 1010. The topological polar surface area (TPSA) is 108 Å². The molecule has 0 radical (unpaired) electrons. The molecule has 2 unspecified atom stereocenters. The van der Waals surface area contributed by atoms with Crippen LogP contribution in [-0.2, 0) is 20.7 Å². The van der Waals surface area contributed by atoms with Gasteiger partial charge >= 0.3 is 6.09 Å². The normalized spacial score (nSPS) is 13.1. The molecule has 8 nitrogen and oxygen atoms in total. The monoisotopic (exact) mass is 497 g/mol. The summed E-state index contributed by atoms with van der Waals surface area (Å²) < 4.78 is 5.42. The maximum absolute atomic E-state index is 14.1. The van der Waals surface area contributed by atoms with Crippen LogP contribution >= 0.6 is 0 Å². The number of benzene rings is 2. The molecule has 0 heterocycles. The molecule has 0 saturated heterocycles. The molecule has 0 spiro atoms. The Kier molecular flexibility index (Phi) is 9.90. The van der Waals surface area contributed by atoms with E-state index in [9.17, 15) is 19.5 Å². The first kappa shape index (κ1) is 28.7. The highest BCUT2D eigenvalue weighted by atomic mass is 16.6. The first-order chi connectivity index (χ1) is 16.8. The number of nitrogens with one attached hydrogen (secondary N) is 2. The number of rotatable bonds is 9. The van der Waals surface area contributed by atoms with Gasteiger partial charge in [0.15, 0.2) is 0 Å². The van der Waals surface area contributed by atoms with E-state index in [-0.39, 0.29) is 30.2 Å². The minimum atomic E-state index is -1.01. The Morgan fingerprint density at radius 3 is 2.00 bits per heavy atom. The van der Waals surface area contributed by atoms with Gasteiger partial charge in [0, 0.05) is 18.5 Å². The number of carbonyl (C=O) groups is 3. The van der Waals surface area contributed by atoms with Crippen LogP contribution in [0.5, 0.6) is 5.75 Å². The predicted molar refractivity (Wildman–Crippen MR) is 139 cm³/mol. The van der Waals surface area contributed by atoms with Crippen molar-refractivity contribution in [2.24, 2.45) is 0 Å². The van der Waals surface area contributed by atoms with Gasteiger partial charge in [0.2, 0.25) is 11.8 Å². The van der Waals surface area contributed by atoms with Gasteiger partial charge in [-0.2, -0.15) is 0 Å². The molecule has 2 atom stereocenters. The second-order valence-electron chi connectivity index (χ2n) is 10.4. The van der Waals surface area contributed by atoms with Gasteiger partial charge < -0.3 is 25.4 Å². The van der Waals surface area contributed by atoms with Crippen LogP contribution in [0.3, 0.4) is 0 Å². The number of amides is 3. The van der Waals surface area contributed by atoms with E-state index in [0.29, 0.717) is 5.56 Å². The van der Waals surface area contributed by atoms with Crippen molar-refractivity contribution in [1.29, 1.82) is 0 Å². The Labute approximate surface area is 214 Å². The van der Waals surface area contributed by atoms with Crippen LogP contribution < -0.4 is 10.6 Å². The van der Waals surface area contributed by atoms with E-state index in [2.05, 4.69) is 10.6 Å². The smallest absolute Gasteiger partial charge is 0.408 e. The molecule has 2 aromatic rings. The van der Waals surface area contributed by atoms with Crippen molar-refractivity contribution in [2.75, 3.05) is 0 Å². The first-order valence-corrected chi connectivity index (χ1v) is 12.2. The SMILES string of the molecule is CC(C)NC(=O)C(c1ccccc1)N(C(=O)C(Cc1ccc(O)cc1)NC(=O)OC(C)(C)C)C(C)C. The zero-order valence-corrected chi connectivity index (χ0v) is 22.2. The van der Waals surface area contributed by atoms with Crippen molar-refractivity contribution >= 4 is 17.9 Å². The van der Waals surface area contributed by atoms with Crippen LogP contribution in [0.4, 0.5) is 4.79 Å². The summed E-state index contributed by atoms with van der Waals surface area (Å²) in [6.07, 6.45) is -0.583. The molecule has 0 saturated carbocycles. The third kappa shape index (κ3) is 8.59. The van der Waals surface area contributed by atoms with Crippen molar-refractivity contribution in [3.63, 3.8) is 0 Å². The van der Waals surface area contributed by atoms with Crippen LogP contribution in [0.2, 0.25) is 0 Å². The van der Waals surface area contributed by atoms with Crippen molar-refractivity contribution in [3.05, 3.63) is 65.7 Å². The number of aromatic hydroxyl groups is 1. The number of phenols is 1. The lowest BCUT2D eigenvalue weighted by Gasteiger charge is -2.37. The molecule has 0 aromatic heterocycles. The fourth-order valence-corrected chi connectivity index (χ4v) is 3.81. The van der Waals surface area contributed by atoms with Gasteiger partial charge in [-0.1, -0.05) is 42.5 Å². The van der Waals surface area contributed by atoms with Crippen molar-refractivity contribution in [1.82, 2.24) is 15.5 Å². The summed E-state index contributed by atoms with van der Waals surface area (Å²) in [5.74, 6) is -0.629. The molecule has 0 bridgehead atoms. The lowest BCUT2D eigenvalue weighted by molar-refractivity contribution is -0.144. The molecule has 3 N–H and O–H groups in total. The summed E-state index contributed by atoms with van der Waals surface area (Å²) in [5.41, 5.74) is 0.643. The van der Waals surface area contributed by atoms with Gasteiger partial charge in [0.05, 0.1) is 0 Å². The van der Waals surface area contributed by atoms with Gasteiger partial charge in [-0.25, -0.2) is 4.79 Å². The average Bonchev–Trinajstić information content (AvgIpc) is 2.76. The van der Waals surface area contributed by atoms with Crippen molar-refractivity contribution in [2.45, 2.75) is 84.7 Å². The molecule has 196 valence electrons. The van der Waals surface area contributed by atoms with E-state index in [0.717, 1.165) is 5.56 Å². The molecule has 8 heteroatoms. The summed E-state index contributed by atoms with van der Waals surface area (Å²) in [7, 11) is 0. The number of phenolic OH excluding ortho intramolecular Hbond substituents is 1. The third-order valence-corrected chi connectivity index (χ3v) is 5.25. The molecule has 0 fully saturated rings. The highest BCUT2D eigenvalue weighted by Crippen LogP contribution is 2.26. The summed E-state index contributed by atoms with van der Waals surface area (Å²) in [6, 6.07) is 13.1. The zero-order chi connectivity index (χ0) is 27.0. The van der Waals surface area contributed by atoms with E-state index in [4.69, 9.17) is 4.74 Å². The van der Waals surface area contributed by atoms with Crippen molar-refractivity contribution in [3.8, 4) is 5.75 Å². The summed E-state index contributed by atoms with van der Waals surface area (Å²) in [4.78, 5) is 41.7. The maximum Gasteiger partial charge on any atom is 0.408 e. The van der Waals surface area contributed by atoms with Gasteiger partial charge in [0.1, 0.15) is 23.4 Å². The standard InChI is InChI=1S/C28H39N3O5/c1-18(2)29-25(33)24(21-11-9-8-10-12-21)31(19(3)4)26(34)23(30-27(35)36-28(5,6)7)17-20-13-15-22(32)16-14-20/h8-16,18-19,23-24,32H,17H2,1-7H3,(H,29,33)(H,30,35). The van der Waals surface area contributed by atoms with E-state index < -0.39 is 29.7 Å². The molecular formula is C28H39N3O5. The third-order valence-electron chi connectivity index (χ3n) is 5.25.